The summed E-state index contributed by atoms with van der Waals surface area (Å²) in [6.07, 6.45) is 0.505. The van der Waals surface area contributed by atoms with Gasteiger partial charge < -0.3 is 9.84 Å². The quantitative estimate of drug-likeness (QED) is 0.771. The molecule has 3 nitrogen and oxygen atoms in total. The van der Waals surface area contributed by atoms with Crippen molar-refractivity contribution in [2.75, 3.05) is 6.61 Å². The van der Waals surface area contributed by atoms with Crippen LogP contribution in [-0.4, -0.2) is 17.7 Å². The fourth-order valence-corrected chi connectivity index (χ4v) is 1.38. The highest BCUT2D eigenvalue weighted by Crippen LogP contribution is 2.19. The van der Waals surface area contributed by atoms with E-state index in [0.29, 0.717) is 13.0 Å². The number of benzene rings is 1. The number of rotatable bonds is 4. The lowest BCUT2D eigenvalue weighted by Crippen LogP contribution is -2.16. The van der Waals surface area contributed by atoms with E-state index in [1.165, 1.54) is 0 Å². The molecule has 0 heterocycles. The smallest absolute Gasteiger partial charge is 0.308 e. The second-order valence-electron chi connectivity index (χ2n) is 3.49. The molecular weight excluding hydrogens is 192 g/mol. The fourth-order valence-electron chi connectivity index (χ4n) is 1.38. The number of carbonyl (C=O) groups is 1. The van der Waals surface area contributed by atoms with Gasteiger partial charge in [-0.15, -0.1) is 0 Å². The van der Waals surface area contributed by atoms with E-state index < -0.39 is 0 Å². The molecule has 1 N–H and O–H groups in total. The molecule has 0 spiro atoms. The van der Waals surface area contributed by atoms with Crippen molar-refractivity contribution in [3.8, 4) is 5.75 Å². The predicted octanol–water partition coefficient (Wildman–Crippen LogP) is 2.13. The first-order valence-corrected chi connectivity index (χ1v) is 5.08. The zero-order chi connectivity index (χ0) is 11.3. The van der Waals surface area contributed by atoms with Crippen LogP contribution >= 0.6 is 0 Å². The lowest BCUT2D eigenvalue weighted by atomic mass is 10.0. The third-order valence-corrected chi connectivity index (χ3v) is 2.21. The van der Waals surface area contributed by atoms with Crippen molar-refractivity contribution in [1.82, 2.24) is 0 Å². The summed E-state index contributed by atoms with van der Waals surface area (Å²) in [7, 11) is 0. The maximum atomic E-state index is 11.4. The summed E-state index contributed by atoms with van der Waals surface area (Å²) in [6, 6.07) is 7.03. The molecule has 0 aromatic heterocycles. The van der Waals surface area contributed by atoms with Crippen LogP contribution in [0.3, 0.4) is 0 Å². The zero-order valence-electron chi connectivity index (χ0n) is 9.06. The first-order valence-electron chi connectivity index (χ1n) is 5.08. The average molecular weight is 208 g/mol. The first-order chi connectivity index (χ1) is 7.15. The third kappa shape index (κ3) is 3.27. The molecule has 0 saturated heterocycles. The van der Waals surface area contributed by atoms with Gasteiger partial charge in [0.1, 0.15) is 5.75 Å². The molecule has 82 valence electrons. The molecule has 15 heavy (non-hydrogen) atoms. The van der Waals surface area contributed by atoms with Gasteiger partial charge in [0.2, 0.25) is 0 Å². The van der Waals surface area contributed by atoms with Crippen LogP contribution in [0.4, 0.5) is 0 Å². The largest absolute Gasteiger partial charge is 0.508 e. The summed E-state index contributed by atoms with van der Waals surface area (Å²) in [5.41, 5.74) is 0.776. The second kappa shape index (κ2) is 5.39. The van der Waals surface area contributed by atoms with Crippen LogP contribution < -0.4 is 0 Å². The van der Waals surface area contributed by atoms with E-state index in [9.17, 15) is 9.90 Å². The van der Waals surface area contributed by atoms with Gasteiger partial charge in [0, 0.05) is 0 Å². The number of esters is 1. The Balaban J connectivity index is 2.62. The molecule has 1 unspecified atom stereocenters. The van der Waals surface area contributed by atoms with Crippen molar-refractivity contribution >= 4 is 5.97 Å². The minimum absolute atomic E-state index is 0.222. The average Bonchev–Trinajstić information content (AvgIpc) is 2.21. The first kappa shape index (κ1) is 11.6. The Morgan fingerprint density at radius 3 is 2.73 bits per heavy atom. The molecule has 0 radical (unpaired) electrons. The van der Waals surface area contributed by atoms with E-state index in [0.717, 1.165) is 5.56 Å². The SMILES string of the molecule is CCOC(=O)C(C)Cc1ccccc1O. The minimum atomic E-state index is -0.224. The fraction of sp³-hybridized carbons (Fsp3) is 0.417. The van der Waals surface area contributed by atoms with Crippen molar-refractivity contribution < 1.29 is 14.6 Å². The van der Waals surface area contributed by atoms with Crippen LogP contribution in [0.15, 0.2) is 24.3 Å². The summed E-state index contributed by atoms with van der Waals surface area (Å²) in [6.45, 7) is 3.97. The summed E-state index contributed by atoms with van der Waals surface area (Å²) in [4.78, 5) is 11.4. The molecule has 0 fully saturated rings. The van der Waals surface area contributed by atoms with Crippen LogP contribution in [0.1, 0.15) is 19.4 Å². The Labute approximate surface area is 89.7 Å². The van der Waals surface area contributed by atoms with Gasteiger partial charge in [-0.1, -0.05) is 25.1 Å². The van der Waals surface area contributed by atoms with Crippen molar-refractivity contribution in [3.05, 3.63) is 29.8 Å². The molecular formula is C12H16O3. The van der Waals surface area contributed by atoms with Gasteiger partial charge in [0.05, 0.1) is 12.5 Å². The highest BCUT2D eigenvalue weighted by Gasteiger charge is 2.15. The maximum absolute atomic E-state index is 11.4. The number of para-hydroxylation sites is 1. The highest BCUT2D eigenvalue weighted by molar-refractivity contribution is 5.72. The van der Waals surface area contributed by atoms with Crippen molar-refractivity contribution in [2.45, 2.75) is 20.3 Å². The number of ether oxygens (including phenoxy) is 1. The van der Waals surface area contributed by atoms with E-state index in [1.54, 1.807) is 26.0 Å². The Morgan fingerprint density at radius 1 is 1.47 bits per heavy atom. The molecule has 1 aromatic carbocycles. The molecule has 0 aliphatic carbocycles. The van der Waals surface area contributed by atoms with Crippen LogP contribution in [-0.2, 0) is 16.0 Å². The van der Waals surface area contributed by atoms with Gasteiger partial charge in [0.15, 0.2) is 0 Å². The molecule has 3 heteroatoms. The molecule has 0 aliphatic heterocycles. The van der Waals surface area contributed by atoms with Gasteiger partial charge in [-0.25, -0.2) is 0 Å². The van der Waals surface area contributed by atoms with E-state index >= 15 is 0 Å². The topological polar surface area (TPSA) is 46.5 Å². The minimum Gasteiger partial charge on any atom is -0.508 e. The number of phenolic OH excluding ortho intramolecular Hbond substituents is 1. The Bertz CT molecular complexity index is 333. The molecule has 1 aromatic rings. The number of hydrogen-bond acceptors (Lipinski definition) is 3. The van der Waals surface area contributed by atoms with E-state index in [1.807, 2.05) is 12.1 Å². The molecule has 1 rings (SSSR count). The van der Waals surface area contributed by atoms with Crippen LogP contribution in [0.2, 0.25) is 0 Å². The monoisotopic (exact) mass is 208 g/mol. The lowest BCUT2D eigenvalue weighted by Gasteiger charge is -2.11. The number of phenols is 1. The summed E-state index contributed by atoms with van der Waals surface area (Å²) < 4.78 is 4.90. The van der Waals surface area contributed by atoms with Crippen molar-refractivity contribution in [1.29, 1.82) is 0 Å². The van der Waals surface area contributed by atoms with Gasteiger partial charge in [-0.2, -0.15) is 0 Å². The van der Waals surface area contributed by atoms with Crippen LogP contribution in [0.25, 0.3) is 0 Å². The predicted molar refractivity (Wildman–Crippen MR) is 57.6 cm³/mol. The van der Waals surface area contributed by atoms with Gasteiger partial charge >= 0.3 is 5.97 Å². The Hall–Kier alpha value is -1.51. The lowest BCUT2D eigenvalue weighted by molar-refractivity contribution is -0.147. The maximum Gasteiger partial charge on any atom is 0.308 e. The van der Waals surface area contributed by atoms with Gasteiger partial charge in [0.25, 0.3) is 0 Å². The molecule has 0 saturated carbocycles. The van der Waals surface area contributed by atoms with Gasteiger partial charge in [-0.05, 0) is 25.0 Å². The molecule has 1 atom stereocenters. The Kier molecular flexibility index (Phi) is 4.16. The number of carbonyl (C=O) groups excluding carboxylic acids is 1. The second-order valence-corrected chi connectivity index (χ2v) is 3.49. The van der Waals surface area contributed by atoms with Crippen LogP contribution in [0, 0.1) is 5.92 Å². The Morgan fingerprint density at radius 2 is 2.13 bits per heavy atom. The normalized spacial score (nSPS) is 12.1. The summed E-state index contributed by atoms with van der Waals surface area (Å²) in [5.74, 6) is -0.215. The van der Waals surface area contributed by atoms with E-state index in [4.69, 9.17) is 4.74 Å². The van der Waals surface area contributed by atoms with Gasteiger partial charge in [-0.3, -0.25) is 4.79 Å². The molecule has 0 bridgehead atoms. The zero-order valence-corrected chi connectivity index (χ0v) is 9.06. The van der Waals surface area contributed by atoms with Crippen molar-refractivity contribution in [3.63, 3.8) is 0 Å². The molecule has 0 aliphatic rings. The standard InChI is InChI=1S/C12H16O3/c1-3-15-12(14)9(2)8-10-6-4-5-7-11(10)13/h4-7,9,13H,3,8H2,1-2H3. The van der Waals surface area contributed by atoms with E-state index in [2.05, 4.69) is 0 Å². The number of hydrogen-bond donors (Lipinski definition) is 1. The number of aromatic hydroxyl groups is 1. The van der Waals surface area contributed by atoms with E-state index in [-0.39, 0.29) is 17.6 Å². The highest BCUT2D eigenvalue weighted by atomic mass is 16.5. The summed E-state index contributed by atoms with van der Waals surface area (Å²) >= 11 is 0. The third-order valence-electron chi connectivity index (χ3n) is 2.21. The van der Waals surface area contributed by atoms with Crippen LogP contribution in [0.5, 0.6) is 5.75 Å². The van der Waals surface area contributed by atoms with Crippen molar-refractivity contribution in [2.24, 2.45) is 5.92 Å². The molecule has 0 amide bonds. The summed E-state index contributed by atoms with van der Waals surface area (Å²) in [5, 5.41) is 9.52.